The van der Waals surface area contributed by atoms with Crippen molar-refractivity contribution in [3.05, 3.63) is 54.0 Å². The molecular formula is C24H28F2N6O3. The summed E-state index contributed by atoms with van der Waals surface area (Å²) in [5.74, 6) is -0.160. The summed E-state index contributed by atoms with van der Waals surface area (Å²) >= 11 is 0. The van der Waals surface area contributed by atoms with Crippen LogP contribution in [-0.4, -0.2) is 70.6 Å². The highest BCUT2D eigenvalue weighted by Crippen LogP contribution is 2.22. The monoisotopic (exact) mass is 486 g/mol. The van der Waals surface area contributed by atoms with Crippen LogP contribution < -0.4 is 10.6 Å². The van der Waals surface area contributed by atoms with Crippen LogP contribution in [0.15, 0.2) is 42.9 Å². The summed E-state index contributed by atoms with van der Waals surface area (Å²) in [5.41, 5.74) is 6.50. The van der Waals surface area contributed by atoms with E-state index < -0.39 is 12.3 Å². The van der Waals surface area contributed by atoms with Gasteiger partial charge in [0, 0.05) is 62.4 Å². The minimum atomic E-state index is -2.59. The maximum Gasteiger partial charge on any atom is 0.266 e. The molecule has 1 aromatic carbocycles. The summed E-state index contributed by atoms with van der Waals surface area (Å²) in [7, 11) is 1.77. The van der Waals surface area contributed by atoms with E-state index in [2.05, 4.69) is 9.97 Å². The number of piperidine rings is 1. The lowest BCUT2D eigenvalue weighted by atomic mass is 10.0. The molecule has 0 saturated carbocycles. The van der Waals surface area contributed by atoms with Crippen LogP contribution >= 0.6 is 0 Å². The largest absolute Gasteiger partial charge is 0.370 e. The molecular weight excluding hydrogens is 458 g/mol. The summed E-state index contributed by atoms with van der Waals surface area (Å²) < 4.78 is 33.0. The smallest absolute Gasteiger partial charge is 0.266 e. The van der Waals surface area contributed by atoms with Gasteiger partial charge in [0.05, 0.1) is 12.2 Å². The zero-order valence-electron chi connectivity index (χ0n) is 19.4. The maximum atomic E-state index is 12.7. The highest BCUT2D eigenvalue weighted by molar-refractivity contribution is 5.97. The number of carbonyl (C=O) groups excluding carboxylic acids is 2. The Bertz CT molecular complexity index is 1180. The minimum Gasteiger partial charge on any atom is -0.370 e. The van der Waals surface area contributed by atoms with Gasteiger partial charge < -0.3 is 24.8 Å². The van der Waals surface area contributed by atoms with E-state index in [1.807, 2.05) is 27.8 Å². The lowest BCUT2D eigenvalue weighted by molar-refractivity contribution is -0.137. The van der Waals surface area contributed by atoms with Crippen molar-refractivity contribution in [1.82, 2.24) is 19.4 Å². The Hall–Kier alpha value is -3.60. The summed E-state index contributed by atoms with van der Waals surface area (Å²) in [6, 6.07) is 7.30. The number of aromatic nitrogens is 3. The van der Waals surface area contributed by atoms with Crippen molar-refractivity contribution in [2.45, 2.75) is 31.9 Å². The number of fused-ring (bicyclic) bond motifs is 1. The Morgan fingerprint density at radius 2 is 1.91 bits per heavy atom. The summed E-state index contributed by atoms with van der Waals surface area (Å²) in [6.45, 7) is 2.11. The standard InChI is InChI=1S/C24H28F2N6O3/c1-30(19-5-8-32(9-6-19)24-28-13-18(14-29-24)22(25)26)21(33)15-35-11-10-31-7-4-16-2-3-17(23(27)34)12-20(16)31/h2-4,7,12-14,19,22H,5-6,8-11,15H2,1H3,(H2,27,34). The van der Waals surface area contributed by atoms with E-state index in [0.717, 1.165) is 36.1 Å². The fourth-order valence-electron chi connectivity index (χ4n) is 4.22. The lowest BCUT2D eigenvalue weighted by Gasteiger charge is -2.36. The van der Waals surface area contributed by atoms with Crippen LogP contribution in [0.25, 0.3) is 10.9 Å². The van der Waals surface area contributed by atoms with Crippen molar-refractivity contribution in [2.24, 2.45) is 5.73 Å². The predicted octanol–water partition coefficient (Wildman–Crippen LogP) is 2.61. The number of halogens is 2. The molecule has 2 amide bonds. The number of benzene rings is 1. The Kier molecular flexibility index (Phi) is 7.54. The number of likely N-dealkylation sites (N-methyl/N-ethyl adjacent to an activating group) is 1. The maximum absolute atomic E-state index is 12.7. The molecule has 1 fully saturated rings. The molecule has 0 aliphatic carbocycles. The SMILES string of the molecule is CN(C(=O)COCCn1ccc2ccc(C(N)=O)cc21)C1CCN(c2ncc(C(F)F)cn2)CC1. The Morgan fingerprint density at radius 3 is 2.57 bits per heavy atom. The second-order valence-electron chi connectivity index (χ2n) is 8.54. The molecule has 4 rings (SSSR count). The Balaban J connectivity index is 1.22. The Labute approximate surface area is 201 Å². The number of nitrogens with zero attached hydrogens (tertiary/aromatic N) is 5. The van der Waals surface area contributed by atoms with Gasteiger partial charge in [0.1, 0.15) is 6.61 Å². The van der Waals surface area contributed by atoms with Gasteiger partial charge in [-0.2, -0.15) is 0 Å². The molecule has 0 unspecified atom stereocenters. The molecule has 0 bridgehead atoms. The number of carbonyl (C=O) groups is 2. The van der Waals surface area contributed by atoms with Crippen molar-refractivity contribution < 1.29 is 23.1 Å². The third-order valence-corrected chi connectivity index (χ3v) is 6.36. The predicted molar refractivity (Wildman–Crippen MR) is 126 cm³/mol. The zero-order chi connectivity index (χ0) is 24.9. The molecule has 0 radical (unpaired) electrons. The third kappa shape index (κ3) is 5.73. The van der Waals surface area contributed by atoms with E-state index >= 15 is 0 Å². The molecule has 0 atom stereocenters. The average Bonchev–Trinajstić information content (AvgIpc) is 3.28. The molecule has 186 valence electrons. The Morgan fingerprint density at radius 1 is 1.20 bits per heavy atom. The topological polar surface area (TPSA) is 107 Å². The van der Waals surface area contributed by atoms with Crippen molar-refractivity contribution >= 4 is 28.7 Å². The highest BCUT2D eigenvalue weighted by atomic mass is 19.3. The first-order valence-corrected chi connectivity index (χ1v) is 11.4. The van der Waals surface area contributed by atoms with Crippen LogP contribution in [0.4, 0.5) is 14.7 Å². The van der Waals surface area contributed by atoms with Crippen molar-refractivity contribution in [3.8, 4) is 0 Å². The molecule has 1 aliphatic rings. The van der Waals surface area contributed by atoms with Gasteiger partial charge >= 0.3 is 0 Å². The van der Waals surface area contributed by atoms with Crippen LogP contribution in [-0.2, 0) is 16.1 Å². The molecule has 1 aliphatic heterocycles. The third-order valence-electron chi connectivity index (χ3n) is 6.36. The van der Waals surface area contributed by atoms with Gasteiger partial charge in [0.15, 0.2) is 0 Å². The van der Waals surface area contributed by atoms with Crippen molar-refractivity contribution in [1.29, 1.82) is 0 Å². The van der Waals surface area contributed by atoms with E-state index in [-0.39, 0.29) is 24.1 Å². The lowest BCUT2D eigenvalue weighted by Crippen LogP contribution is -2.47. The second-order valence-corrected chi connectivity index (χ2v) is 8.54. The molecule has 0 spiro atoms. The number of hydrogen-bond donors (Lipinski definition) is 1. The number of primary amides is 1. The molecule has 2 aromatic heterocycles. The number of anilines is 1. The average molecular weight is 487 g/mol. The van der Waals surface area contributed by atoms with Crippen molar-refractivity contribution in [2.75, 3.05) is 38.3 Å². The number of amides is 2. The molecule has 3 heterocycles. The summed E-state index contributed by atoms with van der Waals surface area (Å²) in [6.07, 6.45) is 3.07. The number of alkyl halides is 2. The molecule has 35 heavy (non-hydrogen) atoms. The second kappa shape index (κ2) is 10.8. The van der Waals surface area contributed by atoms with Gasteiger partial charge in [0.2, 0.25) is 17.8 Å². The van der Waals surface area contributed by atoms with E-state index in [0.29, 0.717) is 37.8 Å². The van der Waals surface area contributed by atoms with E-state index in [4.69, 9.17) is 10.5 Å². The normalized spacial score (nSPS) is 14.6. The fourth-order valence-corrected chi connectivity index (χ4v) is 4.22. The summed E-state index contributed by atoms with van der Waals surface area (Å²) in [4.78, 5) is 35.8. The molecule has 2 N–H and O–H groups in total. The van der Waals surface area contributed by atoms with E-state index in [1.165, 1.54) is 0 Å². The number of ether oxygens (including phenoxy) is 1. The fraction of sp³-hybridized carbons (Fsp3) is 0.417. The van der Waals surface area contributed by atoms with Gasteiger partial charge in [-0.1, -0.05) is 6.07 Å². The van der Waals surface area contributed by atoms with Gasteiger partial charge in [0.25, 0.3) is 6.43 Å². The van der Waals surface area contributed by atoms with E-state index in [9.17, 15) is 18.4 Å². The quantitative estimate of drug-likeness (QED) is 0.466. The number of rotatable bonds is 9. The van der Waals surface area contributed by atoms with Crippen LogP contribution in [0.1, 0.15) is 35.2 Å². The van der Waals surface area contributed by atoms with Crippen LogP contribution in [0, 0.1) is 0 Å². The van der Waals surface area contributed by atoms with Gasteiger partial charge in [-0.15, -0.1) is 0 Å². The molecule has 9 nitrogen and oxygen atoms in total. The van der Waals surface area contributed by atoms with Gasteiger partial charge in [-0.25, -0.2) is 18.7 Å². The molecule has 11 heteroatoms. The van der Waals surface area contributed by atoms with Gasteiger partial charge in [-0.3, -0.25) is 9.59 Å². The first kappa shape index (κ1) is 24.5. The molecule has 1 saturated heterocycles. The zero-order valence-corrected chi connectivity index (χ0v) is 19.4. The molecule has 3 aromatic rings. The van der Waals surface area contributed by atoms with E-state index in [1.54, 1.807) is 24.1 Å². The minimum absolute atomic E-state index is 0.0271. The number of hydrogen-bond acceptors (Lipinski definition) is 6. The van der Waals surface area contributed by atoms with Crippen LogP contribution in [0.2, 0.25) is 0 Å². The number of nitrogens with two attached hydrogens (primary N) is 1. The first-order chi connectivity index (χ1) is 16.8. The highest BCUT2D eigenvalue weighted by Gasteiger charge is 2.26. The first-order valence-electron chi connectivity index (χ1n) is 11.4. The van der Waals surface area contributed by atoms with Crippen LogP contribution in [0.3, 0.4) is 0 Å². The van der Waals surface area contributed by atoms with Crippen molar-refractivity contribution in [3.63, 3.8) is 0 Å². The van der Waals surface area contributed by atoms with Crippen LogP contribution in [0.5, 0.6) is 0 Å². The summed E-state index contributed by atoms with van der Waals surface area (Å²) in [5, 5.41) is 0.993. The van der Waals surface area contributed by atoms with Gasteiger partial charge in [-0.05, 0) is 36.4 Å².